The molecule has 1 aromatic heterocycles. The number of amides is 1. The normalized spacial score (nSPS) is 14.2. The average Bonchev–Trinajstić information content (AvgIpc) is 2.82. The number of fused-ring (bicyclic) bond motifs is 1. The van der Waals surface area contributed by atoms with Crippen molar-refractivity contribution >= 4 is 29.1 Å². The summed E-state index contributed by atoms with van der Waals surface area (Å²) in [4.78, 5) is 18.7. The number of hydrogen-bond donors (Lipinski definition) is 0. The summed E-state index contributed by atoms with van der Waals surface area (Å²) in [6.07, 6.45) is 2.55. The fourth-order valence-corrected chi connectivity index (χ4v) is 2.79. The van der Waals surface area contributed by atoms with Crippen LogP contribution in [0.25, 0.3) is 0 Å². The topological polar surface area (TPSA) is 38.1 Å². The maximum absolute atomic E-state index is 12.6. The number of imidazole rings is 1. The molecule has 2 heterocycles. The fraction of sp³-hybridized carbons (Fsp3) is 0.286. The van der Waals surface area contributed by atoms with Crippen LogP contribution in [0.1, 0.15) is 21.7 Å². The van der Waals surface area contributed by atoms with Gasteiger partial charge in [-0.1, -0.05) is 23.2 Å². The molecule has 3 rings (SSSR count). The molecule has 20 heavy (non-hydrogen) atoms. The number of aromatic nitrogens is 2. The number of aryl methyl sites for hydroxylation is 1. The molecular formula is C14H13Cl2N3O. The third-order valence-corrected chi connectivity index (χ3v) is 4.12. The number of carbonyl (C=O) groups is 1. The lowest BCUT2D eigenvalue weighted by molar-refractivity contribution is 0.0730. The predicted molar refractivity (Wildman–Crippen MR) is 78.1 cm³/mol. The second-order valence-corrected chi connectivity index (χ2v) is 5.69. The molecule has 1 amide bonds. The van der Waals surface area contributed by atoms with Crippen LogP contribution in [-0.2, 0) is 20.0 Å². The zero-order valence-electron chi connectivity index (χ0n) is 10.9. The largest absolute Gasteiger partial charge is 0.336 e. The van der Waals surface area contributed by atoms with Crippen molar-refractivity contribution in [1.82, 2.24) is 14.5 Å². The van der Waals surface area contributed by atoms with Crippen LogP contribution in [0.2, 0.25) is 10.0 Å². The van der Waals surface area contributed by atoms with Gasteiger partial charge >= 0.3 is 0 Å². The highest BCUT2D eigenvalue weighted by Gasteiger charge is 2.25. The quantitative estimate of drug-likeness (QED) is 0.812. The van der Waals surface area contributed by atoms with Gasteiger partial charge < -0.3 is 9.47 Å². The van der Waals surface area contributed by atoms with E-state index in [0.29, 0.717) is 28.7 Å². The van der Waals surface area contributed by atoms with Crippen LogP contribution < -0.4 is 0 Å². The summed E-state index contributed by atoms with van der Waals surface area (Å²) in [6, 6.07) is 4.94. The van der Waals surface area contributed by atoms with Crippen LogP contribution in [0.4, 0.5) is 0 Å². The summed E-state index contributed by atoms with van der Waals surface area (Å²) in [6.45, 7) is 1.19. The van der Waals surface area contributed by atoms with Crippen molar-refractivity contribution in [2.24, 2.45) is 7.05 Å². The molecule has 1 aliphatic heterocycles. The van der Waals surface area contributed by atoms with Gasteiger partial charge in [0.1, 0.15) is 0 Å². The van der Waals surface area contributed by atoms with Gasteiger partial charge in [-0.05, 0) is 18.2 Å². The Bertz CT molecular complexity index is 681. The Hall–Kier alpha value is -1.52. The zero-order valence-corrected chi connectivity index (χ0v) is 12.4. The summed E-state index contributed by atoms with van der Waals surface area (Å²) in [7, 11) is 1.94. The minimum absolute atomic E-state index is 0.0932. The molecule has 0 N–H and O–H groups in total. The van der Waals surface area contributed by atoms with Gasteiger partial charge in [-0.3, -0.25) is 4.79 Å². The van der Waals surface area contributed by atoms with E-state index in [2.05, 4.69) is 4.98 Å². The lowest BCUT2D eigenvalue weighted by Crippen LogP contribution is -2.36. The van der Waals surface area contributed by atoms with E-state index < -0.39 is 0 Å². The van der Waals surface area contributed by atoms with Gasteiger partial charge in [0, 0.05) is 25.0 Å². The molecular weight excluding hydrogens is 297 g/mol. The highest BCUT2D eigenvalue weighted by molar-refractivity contribution is 6.35. The van der Waals surface area contributed by atoms with Crippen LogP contribution in [0, 0.1) is 0 Å². The number of benzene rings is 1. The van der Waals surface area contributed by atoms with Crippen LogP contribution in [0.15, 0.2) is 24.5 Å². The van der Waals surface area contributed by atoms with E-state index in [1.807, 2.05) is 11.6 Å². The average molecular weight is 310 g/mol. The second kappa shape index (κ2) is 5.11. The Morgan fingerprint density at radius 1 is 1.35 bits per heavy atom. The highest BCUT2D eigenvalue weighted by Crippen LogP contribution is 2.25. The molecule has 0 fully saturated rings. The molecule has 6 heteroatoms. The molecule has 104 valence electrons. The Labute approximate surface area is 126 Å². The van der Waals surface area contributed by atoms with Gasteiger partial charge in [-0.25, -0.2) is 4.98 Å². The van der Waals surface area contributed by atoms with Gasteiger partial charge in [0.2, 0.25) is 0 Å². The van der Waals surface area contributed by atoms with Crippen LogP contribution in [-0.4, -0.2) is 26.9 Å². The summed E-state index contributed by atoms with van der Waals surface area (Å²) in [5.74, 6) is -0.0932. The molecule has 0 radical (unpaired) electrons. The van der Waals surface area contributed by atoms with Crippen molar-refractivity contribution in [3.63, 3.8) is 0 Å². The van der Waals surface area contributed by atoms with Gasteiger partial charge in [0.25, 0.3) is 5.91 Å². The van der Waals surface area contributed by atoms with Crippen molar-refractivity contribution in [1.29, 1.82) is 0 Å². The summed E-state index contributed by atoms with van der Waals surface area (Å²) >= 11 is 12.0. The van der Waals surface area contributed by atoms with Gasteiger partial charge in [-0.15, -0.1) is 0 Å². The summed E-state index contributed by atoms with van der Waals surface area (Å²) in [5.41, 5.74) is 2.58. The maximum Gasteiger partial charge on any atom is 0.255 e. The van der Waals surface area contributed by atoms with Crippen molar-refractivity contribution in [3.05, 3.63) is 51.5 Å². The first kappa shape index (κ1) is 13.5. The number of rotatable bonds is 1. The van der Waals surface area contributed by atoms with Gasteiger partial charge in [0.05, 0.1) is 34.8 Å². The molecule has 4 nitrogen and oxygen atoms in total. The van der Waals surface area contributed by atoms with Crippen molar-refractivity contribution in [2.75, 3.05) is 6.54 Å². The number of carbonyl (C=O) groups excluding carboxylic acids is 1. The summed E-state index contributed by atoms with van der Waals surface area (Å²) < 4.78 is 1.95. The predicted octanol–water partition coefficient (Wildman–Crippen LogP) is 2.93. The number of halogens is 2. The van der Waals surface area contributed by atoms with E-state index in [9.17, 15) is 4.79 Å². The fourth-order valence-electron chi connectivity index (χ4n) is 2.42. The van der Waals surface area contributed by atoms with Crippen LogP contribution >= 0.6 is 23.2 Å². The number of hydrogen-bond acceptors (Lipinski definition) is 2. The van der Waals surface area contributed by atoms with Crippen molar-refractivity contribution < 1.29 is 4.79 Å². The van der Waals surface area contributed by atoms with E-state index in [-0.39, 0.29) is 5.91 Å². The smallest absolute Gasteiger partial charge is 0.255 e. The van der Waals surface area contributed by atoms with E-state index in [0.717, 1.165) is 17.8 Å². The standard InChI is InChI=1S/C14H13Cl2N3O/c1-18-8-17-12-4-5-19(7-13(12)18)14(20)10-6-9(15)2-3-11(10)16/h2-3,6,8H,4-5,7H2,1H3. The molecule has 0 saturated heterocycles. The molecule has 0 unspecified atom stereocenters. The van der Waals surface area contributed by atoms with Crippen molar-refractivity contribution in [3.8, 4) is 0 Å². The Balaban J connectivity index is 1.89. The molecule has 0 bridgehead atoms. The molecule has 0 spiro atoms. The highest BCUT2D eigenvalue weighted by atomic mass is 35.5. The zero-order chi connectivity index (χ0) is 14.3. The van der Waals surface area contributed by atoms with E-state index >= 15 is 0 Å². The Kier molecular flexibility index (Phi) is 3.44. The first-order valence-corrected chi connectivity index (χ1v) is 7.05. The first-order chi connectivity index (χ1) is 9.56. The molecule has 0 aliphatic carbocycles. The Morgan fingerprint density at radius 2 is 2.15 bits per heavy atom. The molecule has 0 saturated carbocycles. The minimum Gasteiger partial charge on any atom is -0.336 e. The lowest BCUT2D eigenvalue weighted by Gasteiger charge is -2.27. The van der Waals surface area contributed by atoms with Crippen LogP contribution in [0.5, 0.6) is 0 Å². The monoisotopic (exact) mass is 309 g/mol. The van der Waals surface area contributed by atoms with E-state index in [4.69, 9.17) is 23.2 Å². The third-order valence-electron chi connectivity index (χ3n) is 3.55. The molecule has 2 aromatic rings. The van der Waals surface area contributed by atoms with Crippen molar-refractivity contribution in [2.45, 2.75) is 13.0 Å². The van der Waals surface area contributed by atoms with Gasteiger partial charge in [-0.2, -0.15) is 0 Å². The molecule has 0 atom stereocenters. The Morgan fingerprint density at radius 3 is 2.95 bits per heavy atom. The molecule has 1 aliphatic rings. The lowest BCUT2D eigenvalue weighted by atomic mass is 10.1. The summed E-state index contributed by atoms with van der Waals surface area (Å²) in [5, 5.41) is 0.936. The third kappa shape index (κ3) is 2.30. The van der Waals surface area contributed by atoms with Gasteiger partial charge in [0.15, 0.2) is 0 Å². The van der Waals surface area contributed by atoms with E-state index in [1.165, 1.54) is 0 Å². The van der Waals surface area contributed by atoms with Crippen LogP contribution in [0.3, 0.4) is 0 Å². The second-order valence-electron chi connectivity index (χ2n) is 4.85. The maximum atomic E-state index is 12.6. The first-order valence-electron chi connectivity index (χ1n) is 6.29. The number of nitrogens with zero attached hydrogens (tertiary/aromatic N) is 3. The minimum atomic E-state index is -0.0932. The molecule has 1 aromatic carbocycles. The SMILES string of the molecule is Cn1cnc2c1CN(C(=O)c1cc(Cl)ccc1Cl)CC2. The van der Waals surface area contributed by atoms with E-state index in [1.54, 1.807) is 29.4 Å².